The van der Waals surface area contributed by atoms with Crippen LogP contribution in [0.3, 0.4) is 0 Å². The molecule has 2 heteroatoms. The van der Waals surface area contributed by atoms with E-state index in [1.165, 1.54) is 5.57 Å². The summed E-state index contributed by atoms with van der Waals surface area (Å²) in [7, 11) is 0. The van der Waals surface area contributed by atoms with Gasteiger partial charge in [-0.15, -0.1) is 0 Å². The molecule has 0 atom stereocenters. The minimum Gasteiger partial charge on any atom is -0.508 e. The van der Waals surface area contributed by atoms with Crippen molar-refractivity contribution in [1.82, 2.24) is 0 Å². The molecule has 2 rings (SSSR count). The normalized spacial score (nSPS) is 17.7. The highest BCUT2D eigenvalue weighted by atomic mass is 16.5. The van der Waals surface area contributed by atoms with Crippen LogP contribution in [-0.2, 0) is 0 Å². The first-order valence-corrected chi connectivity index (χ1v) is 5.36. The summed E-state index contributed by atoms with van der Waals surface area (Å²) in [5.41, 5.74) is 1.33. The van der Waals surface area contributed by atoms with E-state index in [0.717, 1.165) is 31.4 Å². The zero-order valence-electron chi connectivity index (χ0n) is 8.78. The van der Waals surface area contributed by atoms with Gasteiger partial charge in [-0.05, 0) is 49.9 Å². The Labute approximate surface area is 90.2 Å². The predicted octanol–water partition coefficient (Wildman–Crippen LogP) is 3.27. The van der Waals surface area contributed by atoms with Gasteiger partial charge < -0.3 is 9.84 Å². The van der Waals surface area contributed by atoms with Gasteiger partial charge in [0.2, 0.25) is 0 Å². The molecular weight excluding hydrogens is 188 g/mol. The van der Waals surface area contributed by atoms with Crippen molar-refractivity contribution in [2.45, 2.75) is 31.8 Å². The van der Waals surface area contributed by atoms with Crippen molar-refractivity contribution >= 4 is 0 Å². The van der Waals surface area contributed by atoms with Gasteiger partial charge in [-0.3, -0.25) is 0 Å². The maximum atomic E-state index is 9.13. The number of allylic oxidation sites excluding steroid dienone is 1. The van der Waals surface area contributed by atoms with Gasteiger partial charge in [0, 0.05) is 0 Å². The highest BCUT2D eigenvalue weighted by Crippen LogP contribution is 2.26. The summed E-state index contributed by atoms with van der Waals surface area (Å²) in [4.78, 5) is 0. The van der Waals surface area contributed by atoms with Gasteiger partial charge in [0.25, 0.3) is 0 Å². The Hall–Kier alpha value is -1.44. The topological polar surface area (TPSA) is 29.5 Å². The fraction of sp³-hybridized carbons (Fsp3) is 0.385. The molecule has 1 saturated carbocycles. The second-order valence-electron chi connectivity index (χ2n) is 4.06. The number of hydrogen-bond acceptors (Lipinski definition) is 2. The second kappa shape index (κ2) is 4.39. The van der Waals surface area contributed by atoms with Crippen molar-refractivity contribution in [3.8, 4) is 11.5 Å². The lowest BCUT2D eigenvalue weighted by Gasteiger charge is -2.24. The molecule has 80 valence electrons. The molecule has 0 radical (unpaired) electrons. The van der Waals surface area contributed by atoms with Crippen LogP contribution < -0.4 is 4.74 Å². The van der Waals surface area contributed by atoms with Gasteiger partial charge in [-0.2, -0.15) is 0 Å². The van der Waals surface area contributed by atoms with Crippen LogP contribution in [0, 0.1) is 0 Å². The van der Waals surface area contributed by atoms with Gasteiger partial charge in [0.05, 0.1) is 6.10 Å². The Morgan fingerprint density at radius 3 is 2.33 bits per heavy atom. The molecule has 2 nitrogen and oxygen atoms in total. The van der Waals surface area contributed by atoms with Gasteiger partial charge >= 0.3 is 0 Å². The zero-order valence-corrected chi connectivity index (χ0v) is 8.78. The summed E-state index contributed by atoms with van der Waals surface area (Å²) in [5, 5.41) is 9.13. The molecule has 0 saturated heterocycles. The maximum Gasteiger partial charge on any atom is 0.119 e. The third-order valence-corrected chi connectivity index (χ3v) is 2.78. The smallest absolute Gasteiger partial charge is 0.119 e. The SMILES string of the molecule is C=C1CCC(Oc2ccc(O)cc2)CC1. The molecule has 0 heterocycles. The van der Waals surface area contributed by atoms with Crippen LogP contribution in [0.25, 0.3) is 0 Å². The Kier molecular flexibility index (Phi) is 2.95. The van der Waals surface area contributed by atoms with E-state index in [0.29, 0.717) is 6.10 Å². The van der Waals surface area contributed by atoms with Gasteiger partial charge in [-0.25, -0.2) is 0 Å². The average Bonchev–Trinajstić information content (AvgIpc) is 2.25. The summed E-state index contributed by atoms with van der Waals surface area (Å²) in [5.74, 6) is 1.12. The molecule has 1 N–H and O–H groups in total. The molecule has 1 aromatic rings. The van der Waals surface area contributed by atoms with Crippen molar-refractivity contribution in [2.75, 3.05) is 0 Å². The van der Waals surface area contributed by atoms with Crippen molar-refractivity contribution in [3.63, 3.8) is 0 Å². The minimum absolute atomic E-state index is 0.277. The van der Waals surface area contributed by atoms with Crippen LogP contribution in [0.15, 0.2) is 36.4 Å². The predicted molar refractivity (Wildman–Crippen MR) is 60.1 cm³/mol. The first-order valence-electron chi connectivity index (χ1n) is 5.36. The number of rotatable bonds is 2. The quantitative estimate of drug-likeness (QED) is 0.749. The summed E-state index contributed by atoms with van der Waals surface area (Å²) in [6, 6.07) is 6.91. The summed E-state index contributed by atoms with van der Waals surface area (Å²) in [6.07, 6.45) is 4.56. The van der Waals surface area contributed by atoms with Crippen LogP contribution in [0.1, 0.15) is 25.7 Å². The van der Waals surface area contributed by atoms with E-state index in [1.807, 2.05) is 0 Å². The van der Waals surface area contributed by atoms with Gasteiger partial charge in [0.1, 0.15) is 11.5 Å². The molecule has 1 fully saturated rings. The molecule has 0 bridgehead atoms. The molecule has 0 aliphatic heterocycles. The van der Waals surface area contributed by atoms with Crippen molar-refractivity contribution < 1.29 is 9.84 Å². The van der Waals surface area contributed by atoms with Crippen LogP contribution in [-0.4, -0.2) is 11.2 Å². The average molecular weight is 204 g/mol. The van der Waals surface area contributed by atoms with Crippen molar-refractivity contribution in [3.05, 3.63) is 36.4 Å². The Balaban J connectivity index is 1.91. The second-order valence-corrected chi connectivity index (χ2v) is 4.06. The molecular formula is C13H16O2. The monoisotopic (exact) mass is 204 g/mol. The summed E-state index contributed by atoms with van der Waals surface area (Å²) < 4.78 is 5.81. The molecule has 1 aliphatic rings. The molecule has 1 aliphatic carbocycles. The molecule has 0 amide bonds. The number of ether oxygens (including phenoxy) is 1. The molecule has 0 spiro atoms. The first-order chi connectivity index (χ1) is 7.24. The highest BCUT2D eigenvalue weighted by Gasteiger charge is 2.16. The highest BCUT2D eigenvalue weighted by molar-refractivity contribution is 5.30. The third kappa shape index (κ3) is 2.75. The van der Waals surface area contributed by atoms with E-state index in [2.05, 4.69) is 6.58 Å². The zero-order chi connectivity index (χ0) is 10.7. The fourth-order valence-electron chi connectivity index (χ4n) is 1.83. The van der Waals surface area contributed by atoms with Crippen LogP contribution in [0.2, 0.25) is 0 Å². The van der Waals surface area contributed by atoms with Crippen LogP contribution in [0.4, 0.5) is 0 Å². The fourth-order valence-corrected chi connectivity index (χ4v) is 1.83. The largest absolute Gasteiger partial charge is 0.508 e. The Morgan fingerprint density at radius 2 is 1.73 bits per heavy atom. The van der Waals surface area contributed by atoms with E-state index < -0.39 is 0 Å². The van der Waals surface area contributed by atoms with Crippen LogP contribution in [0.5, 0.6) is 11.5 Å². The number of phenols is 1. The van der Waals surface area contributed by atoms with Gasteiger partial charge in [0.15, 0.2) is 0 Å². The number of phenolic OH excluding ortho intramolecular Hbond substituents is 1. The van der Waals surface area contributed by atoms with E-state index in [-0.39, 0.29) is 5.75 Å². The summed E-state index contributed by atoms with van der Waals surface area (Å²) >= 11 is 0. The lowest BCUT2D eigenvalue weighted by atomic mass is 9.94. The molecule has 15 heavy (non-hydrogen) atoms. The van der Waals surface area contributed by atoms with Gasteiger partial charge in [-0.1, -0.05) is 12.2 Å². The van der Waals surface area contributed by atoms with Crippen molar-refractivity contribution in [2.24, 2.45) is 0 Å². The first kappa shape index (κ1) is 10.1. The maximum absolute atomic E-state index is 9.13. The molecule has 0 unspecified atom stereocenters. The molecule has 1 aromatic carbocycles. The molecule has 0 aromatic heterocycles. The van der Waals surface area contributed by atoms with E-state index in [4.69, 9.17) is 9.84 Å². The lowest BCUT2D eigenvalue weighted by Crippen LogP contribution is -2.20. The van der Waals surface area contributed by atoms with E-state index >= 15 is 0 Å². The number of benzene rings is 1. The van der Waals surface area contributed by atoms with E-state index in [1.54, 1.807) is 24.3 Å². The van der Waals surface area contributed by atoms with E-state index in [9.17, 15) is 0 Å². The number of aromatic hydroxyl groups is 1. The Morgan fingerprint density at radius 1 is 1.13 bits per heavy atom. The number of hydrogen-bond donors (Lipinski definition) is 1. The lowest BCUT2D eigenvalue weighted by molar-refractivity contribution is 0.169. The summed E-state index contributed by atoms with van der Waals surface area (Å²) in [6.45, 7) is 3.98. The standard InChI is InChI=1S/C13H16O2/c1-10-2-6-12(7-3-10)15-13-8-4-11(14)5-9-13/h4-5,8-9,12,14H,1-3,6-7H2. The van der Waals surface area contributed by atoms with Crippen LogP contribution >= 0.6 is 0 Å². The Bertz CT molecular complexity index is 330. The van der Waals surface area contributed by atoms with Crippen molar-refractivity contribution in [1.29, 1.82) is 0 Å². The minimum atomic E-state index is 0.277. The third-order valence-electron chi connectivity index (χ3n) is 2.78.